The molecule has 286 valence electrons. The van der Waals surface area contributed by atoms with E-state index >= 15 is 0 Å². The maximum absolute atomic E-state index is 2.51. The summed E-state index contributed by atoms with van der Waals surface area (Å²) in [6.07, 6.45) is 2.17. The fourth-order valence-corrected chi connectivity index (χ4v) is 11.1. The van der Waals surface area contributed by atoms with Crippen LogP contribution < -0.4 is 4.90 Å². The van der Waals surface area contributed by atoms with Gasteiger partial charge >= 0.3 is 0 Å². The Kier molecular flexibility index (Phi) is 7.89. The SMILES string of the molecule is CC(C)(C)c1ccc(N(c2ccc(-c3ccccc3-c3cccc4c3C(C)(C)c3ccccc3-4)cc2)c2ccc3c(c2)C2(CCc4ccccc42)c2ccccc2-3)cc1. The Bertz CT molecular complexity index is 2940. The number of hydrogen-bond donors (Lipinski definition) is 0. The number of rotatable bonds is 5. The van der Waals surface area contributed by atoms with Crippen molar-refractivity contribution >= 4 is 17.1 Å². The van der Waals surface area contributed by atoms with Crippen LogP contribution in [0.5, 0.6) is 0 Å². The molecule has 8 aromatic carbocycles. The van der Waals surface area contributed by atoms with Gasteiger partial charge < -0.3 is 4.90 Å². The van der Waals surface area contributed by atoms with Gasteiger partial charge in [0.05, 0.1) is 0 Å². The largest absolute Gasteiger partial charge is 0.310 e. The van der Waals surface area contributed by atoms with E-state index in [1.807, 2.05) is 0 Å². The molecular weight excluding hydrogens is 711 g/mol. The molecule has 0 saturated heterocycles. The number of aryl methyl sites for hydroxylation is 1. The van der Waals surface area contributed by atoms with Crippen LogP contribution in [0.2, 0.25) is 0 Å². The van der Waals surface area contributed by atoms with Crippen LogP contribution >= 0.6 is 0 Å². The van der Waals surface area contributed by atoms with Gasteiger partial charge in [-0.1, -0.05) is 180 Å². The lowest BCUT2D eigenvalue weighted by Gasteiger charge is -2.31. The molecule has 0 bridgehead atoms. The van der Waals surface area contributed by atoms with Crippen molar-refractivity contribution in [3.8, 4) is 44.5 Å². The van der Waals surface area contributed by atoms with E-state index in [0.29, 0.717) is 0 Å². The zero-order valence-corrected chi connectivity index (χ0v) is 34.7. The molecular formula is C58H49N. The predicted molar refractivity (Wildman–Crippen MR) is 248 cm³/mol. The first kappa shape index (κ1) is 35.7. The number of nitrogens with zero attached hydrogens (tertiary/aromatic N) is 1. The van der Waals surface area contributed by atoms with Gasteiger partial charge in [-0.3, -0.25) is 0 Å². The number of fused-ring (bicyclic) bond motifs is 10. The summed E-state index contributed by atoms with van der Waals surface area (Å²) in [5, 5.41) is 0. The molecule has 3 aliphatic carbocycles. The molecule has 1 nitrogen and oxygen atoms in total. The summed E-state index contributed by atoms with van der Waals surface area (Å²) in [5.74, 6) is 0. The van der Waals surface area contributed by atoms with Gasteiger partial charge in [-0.25, -0.2) is 0 Å². The van der Waals surface area contributed by atoms with Crippen molar-refractivity contribution in [2.24, 2.45) is 0 Å². The van der Waals surface area contributed by atoms with Gasteiger partial charge in [-0.2, -0.15) is 0 Å². The molecule has 0 radical (unpaired) electrons. The molecule has 59 heavy (non-hydrogen) atoms. The van der Waals surface area contributed by atoms with Crippen molar-refractivity contribution < 1.29 is 0 Å². The summed E-state index contributed by atoms with van der Waals surface area (Å²) in [7, 11) is 0. The third-order valence-corrected chi connectivity index (χ3v) is 13.9. The van der Waals surface area contributed by atoms with Crippen LogP contribution in [0.1, 0.15) is 80.0 Å². The highest BCUT2D eigenvalue weighted by Crippen LogP contribution is 2.59. The van der Waals surface area contributed by atoms with Crippen LogP contribution in [0.4, 0.5) is 17.1 Å². The van der Waals surface area contributed by atoms with Crippen LogP contribution in [-0.2, 0) is 22.7 Å². The minimum absolute atomic E-state index is 0.0663. The third-order valence-electron chi connectivity index (χ3n) is 13.9. The summed E-state index contributed by atoms with van der Waals surface area (Å²) in [6, 6.07) is 68.8. The van der Waals surface area contributed by atoms with Gasteiger partial charge in [0.2, 0.25) is 0 Å². The molecule has 3 aliphatic rings. The first-order valence-corrected chi connectivity index (χ1v) is 21.3. The number of benzene rings is 8. The smallest absolute Gasteiger partial charge is 0.0470 e. The highest BCUT2D eigenvalue weighted by atomic mass is 15.1. The molecule has 1 spiro atoms. The van der Waals surface area contributed by atoms with Gasteiger partial charge in [-0.15, -0.1) is 0 Å². The topological polar surface area (TPSA) is 3.24 Å². The Labute approximate surface area is 349 Å². The van der Waals surface area contributed by atoms with Gasteiger partial charge in [-0.05, 0) is 138 Å². The van der Waals surface area contributed by atoms with E-state index in [4.69, 9.17) is 0 Å². The molecule has 8 aromatic rings. The van der Waals surface area contributed by atoms with Crippen LogP contribution in [0, 0.1) is 0 Å². The van der Waals surface area contributed by atoms with E-state index < -0.39 is 0 Å². The fourth-order valence-electron chi connectivity index (χ4n) is 11.1. The first-order valence-electron chi connectivity index (χ1n) is 21.3. The second-order valence-electron chi connectivity index (χ2n) is 18.5. The molecule has 11 rings (SSSR count). The minimum atomic E-state index is -0.151. The lowest BCUT2D eigenvalue weighted by molar-refractivity contribution is 0.590. The van der Waals surface area contributed by atoms with Gasteiger partial charge in [0.1, 0.15) is 0 Å². The van der Waals surface area contributed by atoms with Gasteiger partial charge in [0.15, 0.2) is 0 Å². The standard InChI is InChI=1S/C58H49N/c1-56(2,3)40-27-31-42(32-28-40)59(43-33-34-48-46-18-10-13-24-53(46)58(54(48)37-43)36-35-39-15-6-11-22-51(39)58)41-29-25-38(26-30-41)44-16-7-8-17-45(44)49-20-14-21-50-47-19-9-12-23-52(47)57(4,5)55(49)50/h6-34,37H,35-36H2,1-5H3. The average Bonchev–Trinajstić information content (AvgIpc) is 3.87. The van der Waals surface area contributed by atoms with Crippen LogP contribution in [0.25, 0.3) is 44.5 Å². The highest BCUT2D eigenvalue weighted by Gasteiger charge is 2.48. The van der Waals surface area contributed by atoms with E-state index in [1.54, 1.807) is 0 Å². The summed E-state index contributed by atoms with van der Waals surface area (Å²) in [6.45, 7) is 11.6. The molecule has 1 unspecified atom stereocenters. The summed E-state index contributed by atoms with van der Waals surface area (Å²) in [4.78, 5) is 2.46. The highest BCUT2D eigenvalue weighted by molar-refractivity contribution is 5.94. The lowest BCUT2D eigenvalue weighted by Crippen LogP contribution is -2.24. The monoisotopic (exact) mass is 759 g/mol. The molecule has 0 N–H and O–H groups in total. The van der Waals surface area contributed by atoms with Crippen LogP contribution in [-0.4, -0.2) is 0 Å². The van der Waals surface area contributed by atoms with E-state index in [9.17, 15) is 0 Å². The maximum Gasteiger partial charge on any atom is 0.0470 e. The zero-order valence-electron chi connectivity index (χ0n) is 34.7. The molecule has 1 heteroatoms. The van der Waals surface area contributed by atoms with Crippen molar-refractivity contribution in [3.63, 3.8) is 0 Å². The second-order valence-corrected chi connectivity index (χ2v) is 18.5. The van der Waals surface area contributed by atoms with Crippen molar-refractivity contribution in [1.82, 2.24) is 0 Å². The summed E-state index contributed by atoms with van der Waals surface area (Å²) in [5.41, 5.74) is 23.7. The molecule has 0 amide bonds. The summed E-state index contributed by atoms with van der Waals surface area (Å²) >= 11 is 0. The van der Waals surface area contributed by atoms with Crippen LogP contribution in [0.3, 0.4) is 0 Å². The molecule has 0 saturated carbocycles. The normalized spacial score (nSPS) is 16.6. The number of anilines is 3. The van der Waals surface area contributed by atoms with Crippen molar-refractivity contribution in [2.75, 3.05) is 4.90 Å². The predicted octanol–water partition coefficient (Wildman–Crippen LogP) is 15.4. The van der Waals surface area contributed by atoms with Crippen molar-refractivity contribution in [1.29, 1.82) is 0 Å². The maximum atomic E-state index is 2.51. The lowest BCUT2D eigenvalue weighted by atomic mass is 9.73. The van der Waals surface area contributed by atoms with Crippen molar-refractivity contribution in [2.45, 2.75) is 63.7 Å². The number of hydrogen-bond acceptors (Lipinski definition) is 1. The van der Waals surface area contributed by atoms with E-state index in [0.717, 1.165) is 24.2 Å². The Balaban J connectivity index is 1.04. The van der Waals surface area contributed by atoms with Gasteiger partial charge in [0.25, 0.3) is 0 Å². The quantitative estimate of drug-likeness (QED) is 0.169. The first-order chi connectivity index (χ1) is 28.6. The Morgan fingerprint density at radius 1 is 0.424 bits per heavy atom. The van der Waals surface area contributed by atoms with Gasteiger partial charge in [0, 0.05) is 27.9 Å². The zero-order chi connectivity index (χ0) is 40.1. The van der Waals surface area contributed by atoms with E-state index in [-0.39, 0.29) is 16.2 Å². The summed E-state index contributed by atoms with van der Waals surface area (Å²) < 4.78 is 0. The van der Waals surface area contributed by atoms with Crippen molar-refractivity contribution in [3.05, 3.63) is 221 Å². The molecule has 0 aromatic heterocycles. The molecule has 1 atom stereocenters. The molecule has 0 heterocycles. The Hall–Kier alpha value is -6.44. The Morgan fingerprint density at radius 3 is 1.63 bits per heavy atom. The minimum Gasteiger partial charge on any atom is -0.310 e. The van der Waals surface area contributed by atoms with E-state index in [2.05, 4.69) is 222 Å². The van der Waals surface area contributed by atoms with E-state index in [1.165, 1.54) is 89.1 Å². The van der Waals surface area contributed by atoms with Crippen LogP contribution in [0.15, 0.2) is 182 Å². The molecule has 0 aliphatic heterocycles. The Morgan fingerprint density at radius 2 is 0.932 bits per heavy atom. The third kappa shape index (κ3) is 5.30. The fraction of sp³-hybridized carbons (Fsp3) is 0.172. The second kappa shape index (κ2) is 13.0. The average molecular weight is 760 g/mol. The molecule has 0 fully saturated rings.